The Morgan fingerprint density at radius 2 is 2.36 bits per heavy atom. The van der Waals surface area contributed by atoms with Crippen LogP contribution in [0.3, 0.4) is 0 Å². The summed E-state index contributed by atoms with van der Waals surface area (Å²) in [7, 11) is 0. The van der Waals surface area contributed by atoms with Crippen molar-refractivity contribution in [2.75, 3.05) is 0 Å². The molecule has 11 heavy (non-hydrogen) atoms. The SMILES string of the molecule is CCC(C)(O)Cc1cccs1. The third-order valence-electron chi connectivity index (χ3n) is 1.90. The van der Waals surface area contributed by atoms with Crippen LogP contribution in [-0.4, -0.2) is 10.7 Å². The van der Waals surface area contributed by atoms with Crippen LogP contribution in [0.4, 0.5) is 0 Å². The summed E-state index contributed by atoms with van der Waals surface area (Å²) < 4.78 is 0. The van der Waals surface area contributed by atoms with Crippen LogP contribution in [0.5, 0.6) is 0 Å². The van der Waals surface area contributed by atoms with E-state index in [1.165, 1.54) is 4.88 Å². The molecule has 1 atom stereocenters. The molecule has 2 heteroatoms. The predicted octanol–water partition coefficient (Wildman–Crippen LogP) is 2.45. The van der Waals surface area contributed by atoms with Gasteiger partial charge in [-0.3, -0.25) is 0 Å². The molecular formula is C9H14OS. The van der Waals surface area contributed by atoms with Crippen LogP contribution in [0.1, 0.15) is 25.1 Å². The molecule has 1 aromatic heterocycles. The van der Waals surface area contributed by atoms with Crippen LogP contribution in [0, 0.1) is 0 Å². The van der Waals surface area contributed by atoms with E-state index in [1.54, 1.807) is 11.3 Å². The molecule has 0 bridgehead atoms. The van der Waals surface area contributed by atoms with E-state index in [1.807, 2.05) is 25.3 Å². The van der Waals surface area contributed by atoms with Crippen LogP contribution < -0.4 is 0 Å². The Balaban J connectivity index is 2.56. The Bertz CT molecular complexity index is 201. The fourth-order valence-corrected chi connectivity index (χ4v) is 1.80. The molecular weight excluding hydrogens is 156 g/mol. The molecule has 0 spiro atoms. The zero-order chi connectivity index (χ0) is 8.32. The molecule has 1 nitrogen and oxygen atoms in total. The van der Waals surface area contributed by atoms with Crippen molar-refractivity contribution in [1.29, 1.82) is 0 Å². The molecule has 0 aromatic carbocycles. The molecule has 0 aliphatic heterocycles. The maximum absolute atomic E-state index is 9.70. The zero-order valence-electron chi connectivity index (χ0n) is 7.00. The highest BCUT2D eigenvalue weighted by atomic mass is 32.1. The molecule has 62 valence electrons. The molecule has 0 aliphatic carbocycles. The van der Waals surface area contributed by atoms with Crippen molar-refractivity contribution >= 4 is 11.3 Å². The lowest BCUT2D eigenvalue weighted by Crippen LogP contribution is -2.25. The van der Waals surface area contributed by atoms with Crippen LogP contribution in [0.2, 0.25) is 0 Å². The summed E-state index contributed by atoms with van der Waals surface area (Å²) in [6.45, 7) is 3.89. The lowest BCUT2D eigenvalue weighted by atomic mass is 9.99. The number of rotatable bonds is 3. The van der Waals surface area contributed by atoms with Gasteiger partial charge < -0.3 is 5.11 Å². The highest BCUT2D eigenvalue weighted by Crippen LogP contribution is 2.19. The van der Waals surface area contributed by atoms with E-state index in [0.717, 1.165) is 12.8 Å². The summed E-state index contributed by atoms with van der Waals surface area (Å²) in [5, 5.41) is 11.7. The lowest BCUT2D eigenvalue weighted by Gasteiger charge is -2.19. The minimum Gasteiger partial charge on any atom is -0.390 e. The Hall–Kier alpha value is -0.340. The van der Waals surface area contributed by atoms with Crippen molar-refractivity contribution in [2.45, 2.75) is 32.3 Å². The Morgan fingerprint density at radius 3 is 2.82 bits per heavy atom. The second-order valence-electron chi connectivity index (χ2n) is 3.11. The van der Waals surface area contributed by atoms with E-state index < -0.39 is 5.60 Å². The Labute approximate surface area is 71.7 Å². The van der Waals surface area contributed by atoms with Crippen LogP contribution in [0.15, 0.2) is 17.5 Å². The summed E-state index contributed by atoms with van der Waals surface area (Å²) in [5.74, 6) is 0. The standard InChI is InChI=1S/C9H14OS/c1-3-9(2,10)7-8-5-4-6-11-8/h4-6,10H,3,7H2,1-2H3. The summed E-state index contributed by atoms with van der Waals surface area (Å²) in [5.41, 5.74) is -0.523. The van der Waals surface area contributed by atoms with Crippen molar-refractivity contribution in [2.24, 2.45) is 0 Å². The normalized spacial score (nSPS) is 16.3. The minimum absolute atomic E-state index is 0.523. The number of aliphatic hydroxyl groups is 1. The van der Waals surface area contributed by atoms with E-state index in [-0.39, 0.29) is 0 Å². The maximum Gasteiger partial charge on any atom is 0.0665 e. The maximum atomic E-state index is 9.70. The zero-order valence-corrected chi connectivity index (χ0v) is 7.82. The van der Waals surface area contributed by atoms with E-state index in [0.29, 0.717) is 0 Å². The molecule has 0 amide bonds. The quantitative estimate of drug-likeness (QED) is 0.738. The molecule has 1 aromatic rings. The second-order valence-corrected chi connectivity index (χ2v) is 4.14. The summed E-state index contributed by atoms with van der Waals surface area (Å²) >= 11 is 1.71. The molecule has 1 N–H and O–H groups in total. The van der Waals surface area contributed by atoms with Gasteiger partial charge in [-0.25, -0.2) is 0 Å². The summed E-state index contributed by atoms with van der Waals surface area (Å²) in [4.78, 5) is 1.26. The molecule has 1 rings (SSSR count). The molecule has 1 unspecified atom stereocenters. The van der Waals surface area contributed by atoms with E-state index >= 15 is 0 Å². The second kappa shape index (κ2) is 3.37. The van der Waals surface area contributed by atoms with Crippen molar-refractivity contribution in [1.82, 2.24) is 0 Å². The first-order chi connectivity index (χ1) is 5.14. The first-order valence-electron chi connectivity index (χ1n) is 3.89. The van der Waals surface area contributed by atoms with E-state index in [9.17, 15) is 5.11 Å². The van der Waals surface area contributed by atoms with Crippen molar-refractivity contribution < 1.29 is 5.11 Å². The van der Waals surface area contributed by atoms with Gasteiger partial charge in [0.05, 0.1) is 5.60 Å². The average molecular weight is 170 g/mol. The van der Waals surface area contributed by atoms with Gasteiger partial charge in [-0.1, -0.05) is 13.0 Å². The largest absolute Gasteiger partial charge is 0.390 e. The van der Waals surface area contributed by atoms with Gasteiger partial charge in [-0.2, -0.15) is 0 Å². The third kappa shape index (κ3) is 2.64. The van der Waals surface area contributed by atoms with E-state index in [2.05, 4.69) is 6.07 Å². The summed E-state index contributed by atoms with van der Waals surface area (Å²) in [6.07, 6.45) is 1.59. The van der Waals surface area contributed by atoms with Crippen LogP contribution in [0.25, 0.3) is 0 Å². The monoisotopic (exact) mass is 170 g/mol. The third-order valence-corrected chi connectivity index (χ3v) is 2.77. The smallest absolute Gasteiger partial charge is 0.0665 e. The molecule has 0 saturated carbocycles. The number of hydrogen-bond donors (Lipinski definition) is 1. The Morgan fingerprint density at radius 1 is 1.64 bits per heavy atom. The topological polar surface area (TPSA) is 20.2 Å². The fourth-order valence-electron chi connectivity index (χ4n) is 0.914. The van der Waals surface area contributed by atoms with Gasteiger partial charge in [0.1, 0.15) is 0 Å². The molecule has 0 aliphatic rings. The van der Waals surface area contributed by atoms with Gasteiger partial charge in [0.2, 0.25) is 0 Å². The lowest BCUT2D eigenvalue weighted by molar-refractivity contribution is 0.0573. The van der Waals surface area contributed by atoms with Crippen LogP contribution >= 0.6 is 11.3 Å². The van der Waals surface area contributed by atoms with Gasteiger partial charge >= 0.3 is 0 Å². The highest BCUT2D eigenvalue weighted by Gasteiger charge is 2.17. The van der Waals surface area contributed by atoms with Gasteiger partial charge in [0, 0.05) is 11.3 Å². The van der Waals surface area contributed by atoms with Crippen molar-refractivity contribution in [3.63, 3.8) is 0 Å². The van der Waals surface area contributed by atoms with Gasteiger partial charge in [0.25, 0.3) is 0 Å². The first-order valence-corrected chi connectivity index (χ1v) is 4.77. The first kappa shape index (κ1) is 8.75. The minimum atomic E-state index is -0.523. The van der Waals surface area contributed by atoms with Crippen molar-refractivity contribution in [3.05, 3.63) is 22.4 Å². The highest BCUT2D eigenvalue weighted by molar-refractivity contribution is 7.09. The van der Waals surface area contributed by atoms with Gasteiger partial charge in [-0.15, -0.1) is 11.3 Å². The molecule has 0 fully saturated rings. The van der Waals surface area contributed by atoms with Gasteiger partial charge in [0.15, 0.2) is 0 Å². The molecule has 0 radical (unpaired) electrons. The average Bonchev–Trinajstić information content (AvgIpc) is 2.39. The number of thiophene rings is 1. The molecule has 0 saturated heterocycles. The van der Waals surface area contributed by atoms with Crippen LogP contribution in [-0.2, 0) is 6.42 Å². The Kier molecular flexibility index (Phi) is 2.68. The van der Waals surface area contributed by atoms with Crippen molar-refractivity contribution in [3.8, 4) is 0 Å². The summed E-state index contributed by atoms with van der Waals surface area (Å²) in [6, 6.07) is 4.08. The fraction of sp³-hybridized carbons (Fsp3) is 0.556. The van der Waals surface area contributed by atoms with E-state index in [4.69, 9.17) is 0 Å². The predicted molar refractivity (Wildman–Crippen MR) is 48.9 cm³/mol. The van der Waals surface area contributed by atoms with Gasteiger partial charge in [-0.05, 0) is 24.8 Å². The molecule has 1 heterocycles. The number of hydrogen-bond acceptors (Lipinski definition) is 2.